The molecule has 24 heavy (non-hydrogen) atoms. The van der Waals surface area contributed by atoms with Gasteiger partial charge in [-0.05, 0) is 0 Å². The Bertz CT molecular complexity index is 425. The Labute approximate surface area is 153 Å². The molecule has 0 atom stereocenters. The molecule has 0 aliphatic carbocycles. The van der Waals surface area contributed by atoms with Crippen LogP contribution in [0.5, 0.6) is 0 Å². The van der Waals surface area contributed by atoms with E-state index in [-0.39, 0.29) is 5.91 Å². The number of carbonyl (C=O) groups is 1. The Morgan fingerprint density at radius 2 is 1.33 bits per heavy atom. The topological polar surface area (TPSA) is 29.1 Å². The van der Waals surface area contributed by atoms with Gasteiger partial charge in [0.05, 0.1) is 0 Å². The van der Waals surface area contributed by atoms with Crippen molar-refractivity contribution in [2.45, 2.75) is 83.5 Å². The van der Waals surface area contributed by atoms with Crippen LogP contribution in [0.4, 0.5) is 5.69 Å². The quantitative estimate of drug-likeness (QED) is 0.335. The number of unbranched alkanes of at least 4 members (excludes halogenated alkanes) is 3. The van der Waals surface area contributed by atoms with Crippen molar-refractivity contribution in [1.82, 2.24) is 0 Å². The number of hydrogen-bond acceptors (Lipinski definition) is 1. The predicted octanol–water partition coefficient (Wildman–Crippen LogP) is 6.86. The van der Waals surface area contributed by atoms with Crippen LogP contribution < -0.4 is 5.32 Å². The molecule has 0 unspecified atom stereocenters. The van der Waals surface area contributed by atoms with E-state index in [0.29, 0.717) is 0 Å². The summed E-state index contributed by atoms with van der Waals surface area (Å²) >= 11 is -2.15. The van der Waals surface area contributed by atoms with Gasteiger partial charge in [-0.3, -0.25) is 0 Å². The van der Waals surface area contributed by atoms with Gasteiger partial charge >= 0.3 is 154 Å². The van der Waals surface area contributed by atoms with Gasteiger partial charge in [0.1, 0.15) is 0 Å². The summed E-state index contributed by atoms with van der Waals surface area (Å²) in [6.45, 7) is 6.91. The fourth-order valence-corrected chi connectivity index (χ4v) is 19.4. The maximum atomic E-state index is 12.4. The van der Waals surface area contributed by atoms with Crippen molar-refractivity contribution in [2.75, 3.05) is 5.32 Å². The first-order valence-corrected chi connectivity index (χ1v) is 18.1. The van der Waals surface area contributed by atoms with Crippen molar-refractivity contribution in [3.05, 3.63) is 30.3 Å². The zero-order valence-corrected chi connectivity index (χ0v) is 18.9. The molecule has 0 fully saturated rings. The van der Waals surface area contributed by atoms with Crippen LogP contribution in [0.25, 0.3) is 0 Å². The first-order chi connectivity index (χ1) is 11.7. The van der Waals surface area contributed by atoms with Crippen LogP contribution >= 0.6 is 0 Å². The third kappa shape index (κ3) is 8.55. The Morgan fingerprint density at radius 1 is 0.833 bits per heavy atom. The molecular formula is C21H37NOSn. The van der Waals surface area contributed by atoms with Crippen LogP contribution in [0.15, 0.2) is 30.3 Å². The third-order valence-electron chi connectivity index (χ3n) is 5.12. The van der Waals surface area contributed by atoms with Crippen LogP contribution in [0.1, 0.15) is 65.7 Å². The molecule has 0 aliphatic rings. The zero-order valence-electron chi connectivity index (χ0n) is 16.1. The molecular weight excluding hydrogens is 401 g/mol. The normalized spacial score (nSPS) is 11.5. The number of anilines is 1. The van der Waals surface area contributed by atoms with Gasteiger partial charge in [0.25, 0.3) is 0 Å². The van der Waals surface area contributed by atoms with Gasteiger partial charge in [0.2, 0.25) is 0 Å². The van der Waals surface area contributed by atoms with E-state index >= 15 is 0 Å². The fraction of sp³-hybridized carbons (Fsp3) is 0.667. The minimum atomic E-state index is -2.15. The summed E-state index contributed by atoms with van der Waals surface area (Å²) < 4.78 is 5.71. The summed E-state index contributed by atoms with van der Waals surface area (Å²) in [7, 11) is 0. The molecule has 0 aromatic heterocycles. The molecule has 1 aromatic rings. The van der Waals surface area contributed by atoms with Gasteiger partial charge in [0.15, 0.2) is 0 Å². The van der Waals surface area contributed by atoms with Gasteiger partial charge in [-0.2, -0.15) is 0 Å². The molecule has 1 N–H and O–H groups in total. The molecule has 0 saturated heterocycles. The standard InChI is InChI=1S/C9H10NO.3C4H9.Sn/c1-2-9(11)10-8-6-4-3-5-7-8;3*1-3-4-2;/h3-7H,1-2H2,(H,10,11);3*1,3-4H2,2H3;. The van der Waals surface area contributed by atoms with Crippen LogP contribution in [-0.2, 0) is 4.79 Å². The molecule has 2 nitrogen and oxygen atoms in total. The molecule has 136 valence electrons. The number of amides is 1. The average Bonchev–Trinajstić information content (AvgIpc) is 2.61. The van der Waals surface area contributed by atoms with E-state index in [1.54, 1.807) is 0 Å². The van der Waals surface area contributed by atoms with Gasteiger partial charge in [-0.25, -0.2) is 0 Å². The molecule has 0 spiro atoms. The van der Waals surface area contributed by atoms with Gasteiger partial charge in [-0.1, -0.05) is 0 Å². The Balaban J connectivity index is 2.64. The molecule has 1 aromatic carbocycles. The number of benzene rings is 1. The predicted molar refractivity (Wildman–Crippen MR) is 109 cm³/mol. The second-order valence-corrected chi connectivity index (χ2v) is 21.5. The Hall–Kier alpha value is -0.511. The van der Waals surface area contributed by atoms with Crippen molar-refractivity contribution in [3.63, 3.8) is 0 Å². The van der Waals surface area contributed by atoms with E-state index in [2.05, 4.69) is 26.1 Å². The maximum absolute atomic E-state index is 12.4. The van der Waals surface area contributed by atoms with E-state index in [1.807, 2.05) is 30.3 Å². The molecule has 0 heterocycles. The van der Waals surface area contributed by atoms with E-state index in [0.717, 1.165) is 12.1 Å². The van der Waals surface area contributed by atoms with Crippen molar-refractivity contribution < 1.29 is 4.79 Å². The van der Waals surface area contributed by atoms with Crippen molar-refractivity contribution in [1.29, 1.82) is 0 Å². The van der Waals surface area contributed by atoms with E-state index < -0.39 is 18.4 Å². The SMILES string of the molecule is CCC[CH2][Sn]([CH2]CCC)([CH2]CCC)[CH2]CC(=O)Nc1ccccc1. The molecule has 1 rings (SSSR count). The molecule has 0 saturated carbocycles. The number of rotatable bonds is 13. The average molecular weight is 438 g/mol. The van der Waals surface area contributed by atoms with Crippen LogP contribution in [0, 0.1) is 0 Å². The van der Waals surface area contributed by atoms with E-state index in [4.69, 9.17) is 0 Å². The molecule has 0 aliphatic heterocycles. The summed E-state index contributed by atoms with van der Waals surface area (Å²) in [5.74, 6) is 0.215. The Morgan fingerprint density at radius 3 is 1.79 bits per heavy atom. The summed E-state index contributed by atoms with van der Waals surface area (Å²) in [6.07, 6.45) is 8.77. The minimum absolute atomic E-state index is 0.215. The van der Waals surface area contributed by atoms with Crippen molar-refractivity contribution in [2.24, 2.45) is 0 Å². The van der Waals surface area contributed by atoms with Gasteiger partial charge in [-0.15, -0.1) is 0 Å². The summed E-state index contributed by atoms with van der Waals surface area (Å²) in [5, 5.41) is 3.08. The number of hydrogen-bond donors (Lipinski definition) is 1. The summed E-state index contributed by atoms with van der Waals surface area (Å²) in [6, 6.07) is 9.88. The van der Waals surface area contributed by atoms with Crippen LogP contribution in [-0.4, -0.2) is 24.3 Å². The van der Waals surface area contributed by atoms with Crippen LogP contribution in [0.3, 0.4) is 0 Å². The summed E-state index contributed by atoms with van der Waals surface area (Å²) in [5.41, 5.74) is 0.930. The summed E-state index contributed by atoms with van der Waals surface area (Å²) in [4.78, 5) is 12.4. The number of carbonyl (C=O) groups excluding carboxylic acids is 1. The van der Waals surface area contributed by atoms with E-state index in [9.17, 15) is 4.79 Å². The molecule has 0 radical (unpaired) electrons. The van der Waals surface area contributed by atoms with Gasteiger partial charge in [0, 0.05) is 0 Å². The Kier molecular flexibility index (Phi) is 11.5. The van der Waals surface area contributed by atoms with E-state index in [1.165, 1.54) is 56.3 Å². The first kappa shape index (κ1) is 21.5. The molecule has 0 bridgehead atoms. The molecule has 1 amide bonds. The molecule has 3 heteroatoms. The van der Waals surface area contributed by atoms with Crippen LogP contribution in [0.2, 0.25) is 17.7 Å². The second kappa shape index (κ2) is 12.8. The van der Waals surface area contributed by atoms with Gasteiger partial charge < -0.3 is 0 Å². The van der Waals surface area contributed by atoms with Crippen molar-refractivity contribution in [3.8, 4) is 0 Å². The second-order valence-electron chi connectivity index (χ2n) is 7.22. The fourth-order valence-electron chi connectivity index (χ4n) is 3.53. The first-order valence-electron chi connectivity index (χ1n) is 10.0. The van der Waals surface area contributed by atoms with Crippen molar-refractivity contribution >= 4 is 30.0 Å². The number of nitrogens with one attached hydrogen (secondary N) is 1. The third-order valence-corrected chi connectivity index (χ3v) is 21.0. The number of para-hydroxylation sites is 1. The monoisotopic (exact) mass is 439 g/mol. The zero-order chi connectivity index (χ0) is 17.7.